The Bertz CT molecular complexity index is 684. The second-order valence-corrected chi connectivity index (χ2v) is 7.72. The zero-order chi connectivity index (χ0) is 16.8. The lowest BCUT2D eigenvalue weighted by molar-refractivity contribution is -0.117. The number of carbonyl (C=O) groups excluding carboxylic acids is 2. The van der Waals surface area contributed by atoms with E-state index in [-0.39, 0.29) is 11.8 Å². The van der Waals surface area contributed by atoms with E-state index < -0.39 is 0 Å². The van der Waals surface area contributed by atoms with Crippen LogP contribution in [0.3, 0.4) is 0 Å². The second kappa shape index (κ2) is 8.35. The third-order valence-electron chi connectivity index (χ3n) is 3.87. The van der Waals surface area contributed by atoms with Crippen molar-refractivity contribution in [2.45, 2.75) is 18.6 Å². The molecule has 6 heteroatoms. The summed E-state index contributed by atoms with van der Waals surface area (Å²) in [5.74, 6) is 1.98. The Labute approximate surface area is 150 Å². The van der Waals surface area contributed by atoms with Gasteiger partial charge in [-0.05, 0) is 42.1 Å². The SMILES string of the molecule is O=C(NCCSCc1cccs1)c1ccc(N2CCCC2=O)cc1. The van der Waals surface area contributed by atoms with E-state index in [0.29, 0.717) is 18.5 Å². The van der Waals surface area contributed by atoms with Crippen molar-refractivity contribution in [2.75, 3.05) is 23.7 Å². The fourth-order valence-corrected chi connectivity index (χ4v) is 4.32. The van der Waals surface area contributed by atoms with E-state index in [2.05, 4.69) is 22.8 Å². The molecule has 126 valence electrons. The molecule has 1 aromatic heterocycles. The summed E-state index contributed by atoms with van der Waals surface area (Å²) in [6.45, 7) is 1.42. The Balaban J connectivity index is 1.42. The normalized spacial score (nSPS) is 14.2. The molecule has 1 fully saturated rings. The van der Waals surface area contributed by atoms with Crippen LogP contribution in [0.15, 0.2) is 41.8 Å². The number of thiophene rings is 1. The van der Waals surface area contributed by atoms with Gasteiger partial charge in [-0.2, -0.15) is 11.8 Å². The number of hydrogen-bond acceptors (Lipinski definition) is 4. The van der Waals surface area contributed by atoms with Crippen LogP contribution in [0, 0.1) is 0 Å². The molecular formula is C18H20N2O2S2. The van der Waals surface area contributed by atoms with Crippen LogP contribution in [0.2, 0.25) is 0 Å². The highest BCUT2D eigenvalue weighted by molar-refractivity contribution is 7.98. The van der Waals surface area contributed by atoms with Crippen LogP contribution in [0.1, 0.15) is 28.1 Å². The summed E-state index contributed by atoms with van der Waals surface area (Å²) in [6.07, 6.45) is 1.52. The topological polar surface area (TPSA) is 49.4 Å². The van der Waals surface area contributed by atoms with Gasteiger partial charge in [0, 0.05) is 47.1 Å². The Morgan fingerprint density at radius 2 is 2.08 bits per heavy atom. The first kappa shape index (κ1) is 17.0. The molecule has 1 aliphatic heterocycles. The molecule has 3 rings (SSSR count). The minimum atomic E-state index is -0.0639. The third-order valence-corrected chi connectivity index (χ3v) is 5.94. The van der Waals surface area contributed by atoms with Crippen LogP contribution in [0.25, 0.3) is 0 Å². The van der Waals surface area contributed by atoms with Crippen molar-refractivity contribution in [3.05, 3.63) is 52.2 Å². The maximum Gasteiger partial charge on any atom is 0.251 e. The van der Waals surface area contributed by atoms with Gasteiger partial charge in [0.05, 0.1) is 0 Å². The molecule has 1 saturated heterocycles. The van der Waals surface area contributed by atoms with Gasteiger partial charge in [-0.1, -0.05) is 6.07 Å². The molecule has 1 aromatic carbocycles. The highest BCUT2D eigenvalue weighted by atomic mass is 32.2. The number of amides is 2. The monoisotopic (exact) mass is 360 g/mol. The number of carbonyl (C=O) groups is 2. The largest absolute Gasteiger partial charge is 0.351 e. The summed E-state index contributed by atoms with van der Waals surface area (Å²) in [6, 6.07) is 11.5. The average molecular weight is 361 g/mol. The van der Waals surface area contributed by atoms with Crippen molar-refractivity contribution in [1.29, 1.82) is 0 Å². The lowest BCUT2D eigenvalue weighted by atomic mass is 10.2. The van der Waals surface area contributed by atoms with Crippen molar-refractivity contribution in [2.24, 2.45) is 0 Å². The number of rotatable bonds is 7. The Kier molecular flexibility index (Phi) is 5.93. The molecule has 0 unspecified atom stereocenters. The maximum atomic E-state index is 12.1. The zero-order valence-electron chi connectivity index (χ0n) is 13.4. The molecule has 1 N–H and O–H groups in total. The quantitative estimate of drug-likeness (QED) is 0.769. The molecule has 0 saturated carbocycles. The zero-order valence-corrected chi connectivity index (χ0v) is 15.0. The smallest absolute Gasteiger partial charge is 0.251 e. The highest BCUT2D eigenvalue weighted by Gasteiger charge is 2.21. The van der Waals surface area contributed by atoms with Gasteiger partial charge in [-0.3, -0.25) is 9.59 Å². The van der Waals surface area contributed by atoms with Crippen LogP contribution in [-0.2, 0) is 10.5 Å². The molecule has 0 radical (unpaired) electrons. The average Bonchev–Trinajstić information content (AvgIpc) is 3.26. The molecule has 4 nitrogen and oxygen atoms in total. The van der Waals surface area contributed by atoms with Crippen LogP contribution in [-0.4, -0.2) is 30.7 Å². The number of benzene rings is 1. The molecule has 2 heterocycles. The molecule has 0 atom stereocenters. The van der Waals surface area contributed by atoms with Crippen molar-refractivity contribution >= 4 is 40.6 Å². The molecule has 1 aliphatic rings. The summed E-state index contributed by atoms with van der Waals surface area (Å²) >= 11 is 3.58. The van der Waals surface area contributed by atoms with Gasteiger partial charge in [-0.25, -0.2) is 0 Å². The highest BCUT2D eigenvalue weighted by Crippen LogP contribution is 2.21. The van der Waals surface area contributed by atoms with E-state index in [9.17, 15) is 9.59 Å². The molecule has 0 bridgehead atoms. The van der Waals surface area contributed by atoms with E-state index in [1.807, 2.05) is 23.9 Å². The fourth-order valence-electron chi connectivity index (χ4n) is 2.62. The molecule has 24 heavy (non-hydrogen) atoms. The predicted molar refractivity (Wildman–Crippen MR) is 101 cm³/mol. The first-order valence-corrected chi connectivity index (χ1v) is 10.1. The first-order chi connectivity index (χ1) is 11.7. The Hall–Kier alpha value is -1.79. The fraction of sp³-hybridized carbons (Fsp3) is 0.333. The number of nitrogens with zero attached hydrogens (tertiary/aromatic N) is 1. The van der Waals surface area contributed by atoms with Crippen LogP contribution < -0.4 is 10.2 Å². The summed E-state index contributed by atoms with van der Waals surface area (Å²) < 4.78 is 0. The van der Waals surface area contributed by atoms with E-state index in [0.717, 1.165) is 30.2 Å². The third kappa shape index (κ3) is 4.39. The van der Waals surface area contributed by atoms with Gasteiger partial charge >= 0.3 is 0 Å². The van der Waals surface area contributed by atoms with Gasteiger partial charge in [0.1, 0.15) is 0 Å². The summed E-state index contributed by atoms with van der Waals surface area (Å²) in [5.41, 5.74) is 1.51. The lowest BCUT2D eigenvalue weighted by Crippen LogP contribution is -2.26. The molecule has 0 spiro atoms. The first-order valence-electron chi connectivity index (χ1n) is 8.03. The van der Waals surface area contributed by atoms with E-state index in [1.54, 1.807) is 28.4 Å². The Morgan fingerprint density at radius 3 is 2.75 bits per heavy atom. The van der Waals surface area contributed by atoms with Gasteiger partial charge in [0.2, 0.25) is 5.91 Å². The van der Waals surface area contributed by atoms with Gasteiger partial charge < -0.3 is 10.2 Å². The summed E-state index contributed by atoms with van der Waals surface area (Å²) in [7, 11) is 0. The summed E-state index contributed by atoms with van der Waals surface area (Å²) in [4.78, 5) is 27.0. The van der Waals surface area contributed by atoms with E-state index in [4.69, 9.17) is 0 Å². The van der Waals surface area contributed by atoms with Gasteiger partial charge in [-0.15, -0.1) is 11.3 Å². The van der Waals surface area contributed by atoms with Gasteiger partial charge in [0.15, 0.2) is 0 Å². The standard InChI is InChI=1S/C18H20N2O2S2/c21-17-4-1-10-20(17)15-7-5-14(6-8-15)18(22)19-9-12-23-13-16-3-2-11-24-16/h2-3,5-8,11H,1,4,9-10,12-13H2,(H,19,22). The minimum Gasteiger partial charge on any atom is -0.351 e. The summed E-state index contributed by atoms with van der Waals surface area (Å²) in [5, 5.41) is 5.02. The van der Waals surface area contributed by atoms with Crippen molar-refractivity contribution in [1.82, 2.24) is 5.32 Å². The van der Waals surface area contributed by atoms with Crippen molar-refractivity contribution in [3.63, 3.8) is 0 Å². The van der Waals surface area contributed by atoms with Crippen molar-refractivity contribution < 1.29 is 9.59 Å². The van der Waals surface area contributed by atoms with Crippen LogP contribution in [0.5, 0.6) is 0 Å². The number of thioether (sulfide) groups is 1. The predicted octanol–water partition coefficient (Wildman–Crippen LogP) is 3.54. The van der Waals surface area contributed by atoms with Gasteiger partial charge in [0.25, 0.3) is 5.91 Å². The van der Waals surface area contributed by atoms with Crippen molar-refractivity contribution in [3.8, 4) is 0 Å². The molecule has 0 aliphatic carbocycles. The molecular weight excluding hydrogens is 340 g/mol. The Morgan fingerprint density at radius 1 is 1.25 bits per heavy atom. The second-order valence-electron chi connectivity index (χ2n) is 5.58. The maximum absolute atomic E-state index is 12.1. The molecule has 2 amide bonds. The minimum absolute atomic E-state index is 0.0639. The number of anilines is 1. The lowest BCUT2D eigenvalue weighted by Gasteiger charge is -2.15. The van der Waals surface area contributed by atoms with E-state index >= 15 is 0 Å². The van der Waals surface area contributed by atoms with Crippen LogP contribution >= 0.6 is 23.1 Å². The number of hydrogen-bond donors (Lipinski definition) is 1. The van der Waals surface area contributed by atoms with E-state index in [1.165, 1.54) is 4.88 Å². The van der Waals surface area contributed by atoms with Crippen LogP contribution in [0.4, 0.5) is 5.69 Å². The molecule has 2 aromatic rings. The number of nitrogens with one attached hydrogen (secondary N) is 1.